The van der Waals surface area contributed by atoms with Crippen molar-refractivity contribution in [1.29, 1.82) is 0 Å². The summed E-state index contributed by atoms with van der Waals surface area (Å²) in [7, 11) is 0. The van der Waals surface area contributed by atoms with E-state index < -0.39 is 0 Å². The molecule has 2 nitrogen and oxygen atoms in total. The molecular weight excluding hydrogens is 332 g/mol. The van der Waals surface area contributed by atoms with E-state index in [0.717, 1.165) is 24.0 Å². The van der Waals surface area contributed by atoms with Crippen molar-refractivity contribution in [2.24, 2.45) is 0 Å². The highest BCUT2D eigenvalue weighted by molar-refractivity contribution is 6.11. The summed E-state index contributed by atoms with van der Waals surface area (Å²) in [4.78, 5) is 12.7. The molecule has 2 aliphatic carbocycles. The van der Waals surface area contributed by atoms with Crippen LogP contribution in [-0.4, -0.2) is 10.9 Å². The summed E-state index contributed by atoms with van der Waals surface area (Å²) in [6.07, 6.45) is 13.7. The predicted octanol–water partition coefficient (Wildman–Crippen LogP) is 6.94. The van der Waals surface area contributed by atoms with Crippen LogP contribution in [0.2, 0.25) is 0 Å². The van der Waals surface area contributed by atoms with Gasteiger partial charge in [-0.2, -0.15) is 0 Å². The number of carbonyl (C=O) groups excluding carboxylic acids is 1. The number of aliphatic hydroxyl groups excluding tert-OH is 1. The van der Waals surface area contributed by atoms with Gasteiger partial charge in [-0.1, -0.05) is 75.3 Å². The van der Waals surface area contributed by atoms with Gasteiger partial charge >= 0.3 is 0 Å². The number of Topliss-reactive ketones (excluding diaryl/α,β-unsaturated/α-hetero) is 1. The van der Waals surface area contributed by atoms with Gasteiger partial charge in [0.15, 0.2) is 5.76 Å². The first-order valence-corrected chi connectivity index (χ1v) is 10.7. The van der Waals surface area contributed by atoms with Crippen LogP contribution >= 0.6 is 0 Å². The summed E-state index contributed by atoms with van der Waals surface area (Å²) in [5.74, 6) is -0.479. The van der Waals surface area contributed by atoms with E-state index in [-0.39, 0.29) is 17.5 Å². The molecule has 0 amide bonds. The molecule has 2 aliphatic rings. The van der Waals surface area contributed by atoms with Crippen molar-refractivity contribution in [1.82, 2.24) is 0 Å². The van der Waals surface area contributed by atoms with Crippen LogP contribution in [0.4, 0.5) is 0 Å². The van der Waals surface area contributed by atoms with Crippen molar-refractivity contribution < 1.29 is 9.90 Å². The molecule has 0 bridgehead atoms. The fourth-order valence-electron chi connectivity index (χ4n) is 4.34. The van der Waals surface area contributed by atoms with Crippen molar-refractivity contribution >= 4 is 5.78 Å². The number of allylic oxidation sites excluding steroid dienone is 2. The number of ketones is 1. The highest BCUT2D eigenvalue weighted by Crippen LogP contribution is 2.40. The van der Waals surface area contributed by atoms with Crippen LogP contribution in [0.1, 0.15) is 89.0 Å². The van der Waals surface area contributed by atoms with E-state index in [9.17, 15) is 9.90 Å². The lowest BCUT2D eigenvalue weighted by Crippen LogP contribution is -2.04. The van der Waals surface area contributed by atoms with Crippen LogP contribution in [-0.2, 0) is 4.79 Å². The first-order chi connectivity index (χ1) is 13.2. The van der Waals surface area contributed by atoms with Gasteiger partial charge in [0, 0.05) is 5.92 Å². The number of carbonyl (C=O) groups is 1. The van der Waals surface area contributed by atoms with E-state index in [2.05, 4.69) is 5.73 Å². The Balaban J connectivity index is 1.92. The summed E-state index contributed by atoms with van der Waals surface area (Å²) < 4.78 is 0. The van der Waals surface area contributed by atoms with Crippen LogP contribution in [0.25, 0.3) is 0 Å². The second kappa shape index (κ2) is 9.76. The van der Waals surface area contributed by atoms with Crippen molar-refractivity contribution in [2.45, 2.75) is 83.5 Å². The van der Waals surface area contributed by atoms with Crippen molar-refractivity contribution in [2.75, 3.05) is 0 Å². The molecule has 1 saturated carbocycles. The molecule has 1 aromatic rings. The fourth-order valence-corrected chi connectivity index (χ4v) is 4.34. The summed E-state index contributed by atoms with van der Waals surface area (Å²) in [6.45, 7) is 1.87. The minimum absolute atomic E-state index is 0.0832. The van der Waals surface area contributed by atoms with Crippen LogP contribution in [0, 0.1) is 0 Å². The topological polar surface area (TPSA) is 37.3 Å². The molecule has 0 heterocycles. The van der Waals surface area contributed by atoms with Gasteiger partial charge < -0.3 is 5.11 Å². The summed E-state index contributed by atoms with van der Waals surface area (Å²) in [5.41, 5.74) is 7.23. The quantitative estimate of drug-likeness (QED) is 0.433. The number of hydrogen-bond donors (Lipinski definition) is 1. The summed E-state index contributed by atoms with van der Waals surface area (Å²) in [6, 6.07) is 10.0. The molecular formula is C25H32O2. The Bertz CT molecular complexity index is 734. The van der Waals surface area contributed by atoms with Crippen LogP contribution in [0.5, 0.6) is 0 Å². The average Bonchev–Trinajstić information content (AvgIpc) is 2.88. The Morgan fingerprint density at radius 1 is 0.852 bits per heavy atom. The molecule has 1 N–H and O–H groups in total. The Hall–Kier alpha value is -2.05. The first-order valence-electron chi connectivity index (χ1n) is 10.7. The zero-order valence-electron chi connectivity index (χ0n) is 16.6. The predicted molar refractivity (Wildman–Crippen MR) is 111 cm³/mol. The van der Waals surface area contributed by atoms with Gasteiger partial charge in [0.1, 0.15) is 0 Å². The van der Waals surface area contributed by atoms with Crippen molar-refractivity contribution in [3.05, 3.63) is 64.1 Å². The van der Waals surface area contributed by atoms with E-state index in [1.807, 2.05) is 37.3 Å². The van der Waals surface area contributed by atoms with Gasteiger partial charge in [-0.3, -0.25) is 4.79 Å². The fraction of sp³-hybridized carbons (Fsp3) is 0.520. The van der Waals surface area contributed by atoms with E-state index in [4.69, 9.17) is 0 Å². The van der Waals surface area contributed by atoms with Gasteiger partial charge in [0.05, 0.1) is 5.57 Å². The molecule has 0 saturated heterocycles. The Morgan fingerprint density at radius 2 is 1.37 bits per heavy atom. The lowest BCUT2D eigenvalue weighted by Gasteiger charge is -2.13. The number of hydrogen-bond acceptors (Lipinski definition) is 2. The third-order valence-electron chi connectivity index (χ3n) is 5.96. The smallest absolute Gasteiger partial charge is 0.231 e. The zero-order valence-corrected chi connectivity index (χ0v) is 16.6. The minimum atomic E-state index is -0.236. The maximum Gasteiger partial charge on any atom is 0.231 e. The lowest BCUT2D eigenvalue weighted by molar-refractivity contribution is -0.114. The number of rotatable bonds is 1. The zero-order chi connectivity index (χ0) is 19.1. The van der Waals surface area contributed by atoms with E-state index in [1.165, 1.54) is 63.4 Å². The number of benzene rings is 1. The van der Waals surface area contributed by atoms with Crippen molar-refractivity contribution in [3.63, 3.8) is 0 Å². The van der Waals surface area contributed by atoms with Crippen LogP contribution < -0.4 is 0 Å². The van der Waals surface area contributed by atoms with Crippen LogP contribution in [0.3, 0.4) is 0 Å². The molecule has 1 aromatic carbocycles. The molecule has 1 atom stereocenters. The van der Waals surface area contributed by atoms with Gasteiger partial charge in [-0.25, -0.2) is 0 Å². The molecule has 1 unspecified atom stereocenters. The molecule has 27 heavy (non-hydrogen) atoms. The molecule has 2 heteroatoms. The number of aliphatic hydroxyl groups is 1. The largest absolute Gasteiger partial charge is 0.504 e. The minimum Gasteiger partial charge on any atom is -0.504 e. The lowest BCUT2D eigenvalue weighted by atomic mass is 9.88. The summed E-state index contributed by atoms with van der Waals surface area (Å²) in [5, 5.41) is 10.3. The average molecular weight is 365 g/mol. The Kier molecular flexibility index (Phi) is 7.12. The first kappa shape index (κ1) is 19.7. The molecule has 0 spiro atoms. The Labute approximate surface area is 163 Å². The monoisotopic (exact) mass is 364 g/mol. The van der Waals surface area contributed by atoms with Crippen LogP contribution in [0.15, 0.2) is 58.5 Å². The van der Waals surface area contributed by atoms with Gasteiger partial charge in [0.2, 0.25) is 5.78 Å². The molecule has 0 aromatic heterocycles. The highest BCUT2D eigenvalue weighted by Gasteiger charge is 2.36. The maximum absolute atomic E-state index is 12.7. The normalized spacial score (nSPS) is 23.0. The standard InChI is InChI=1S/C25H32O2/c1-19-23(21-16-12-9-13-17-21)22(25(27)24(19)26)18-20-14-10-7-5-3-2-4-6-8-11-15-20/h9,12-13,16-17,23,26H,2-8,10-11,14-15H2,1H3. The van der Waals surface area contributed by atoms with Gasteiger partial charge in [-0.15, -0.1) is 5.73 Å². The van der Waals surface area contributed by atoms with Gasteiger partial charge in [0.25, 0.3) is 0 Å². The molecule has 1 fully saturated rings. The second-order valence-corrected chi connectivity index (χ2v) is 8.03. The summed E-state index contributed by atoms with van der Waals surface area (Å²) >= 11 is 0. The Morgan fingerprint density at radius 3 is 1.93 bits per heavy atom. The molecule has 3 rings (SSSR count). The third-order valence-corrected chi connectivity index (χ3v) is 5.96. The molecule has 144 valence electrons. The highest BCUT2D eigenvalue weighted by atomic mass is 16.3. The van der Waals surface area contributed by atoms with E-state index in [0.29, 0.717) is 5.57 Å². The second-order valence-electron chi connectivity index (χ2n) is 8.03. The third kappa shape index (κ3) is 5.02. The van der Waals surface area contributed by atoms with E-state index >= 15 is 0 Å². The van der Waals surface area contributed by atoms with E-state index in [1.54, 1.807) is 0 Å². The van der Waals surface area contributed by atoms with Crippen molar-refractivity contribution in [3.8, 4) is 0 Å². The molecule has 0 radical (unpaired) electrons. The van der Waals surface area contributed by atoms with Gasteiger partial charge in [-0.05, 0) is 49.3 Å². The maximum atomic E-state index is 12.7. The molecule has 0 aliphatic heterocycles. The SMILES string of the molecule is CC1=C(O)C(=O)C(=C=C2CCCCCCCCCCC2)C1c1ccccc1.